The summed E-state index contributed by atoms with van der Waals surface area (Å²) in [6.07, 6.45) is -2.48. The monoisotopic (exact) mass is 232 g/mol. The average molecular weight is 233 g/mol. The van der Waals surface area contributed by atoms with Crippen molar-refractivity contribution in [2.75, 3.05) is 6.61 Å². The molecule has 2 atom stereocenters. The lowest BCUT2D eigenvalue weighted by atomic mass is 10.0. The van der Waals surface area contributed by atoms with Crippen LogP contribution in [0, 0.1) is 6.92 Å². The van der Waals surface area contributed by atoms with Crippen molar-refractivity contribution < 1.29 is 20.4 Å². The highest BCUT2D eigenvalue weighted by Gasteiger charge is 2.19. The number of benzene rings is 1. The smallest absolute Gasteiger partial charge is 0.137 e. The van der Waals surface area contributed by atoms with Crippen LogP contribution in [0.3, 0.4) is 0 Å². The Bertz CT molecular complexity index is 330. The normalized spacial score (nSPS) is 15.0. The van der Waals surface area contributed by atoms with E-state index in [1.807, 2.05) is 0 Å². The van der Waals surface area contributed by atoms with Gasteiger partial charge in [0.2, 0.25) is 0 Å². The molecule has 0 amide bonds. The van der Waals surface area contributed by atoms with Crippen LogP contribution in [-0.2, 0) is 0 Å². The number of halogens is 1. The van der Waals surface area contributed by atoms with Crippen LogP contribution in [0.5, 0.6) is 5.75 Å². The molecule has 1 aromatic rings. The van der Waals surface area contributed by atoms with Crippen LogP contribution in [0.25, 0.3) is 0 Å². The maximum atomic E-state index is 9.58. The first-order valence-electron chi connectivity index (χ1n) is 4.43. The minimum atomic E-state index is -1.26. The molecule has 15 heavy (non-hydrogen) atoms. The number of aliphatic hydroxyl groups excluding tert-OH is 3. The molecule has 0 aliphatic rings. The van der Waals surface area contributed by atoms with Crippen LogP contribution in [0.2, 0.25) is 5.02 Å². The van der Waals surface area contributed by atoms with Gasteiger partial charge < -0.3 is 20.4 Å². The molecule has 0 aromatic heterocycles. The van der Waals surface area contributed by atoms with Gasteiger partial charge in [-0.3, -0.25) is 0 Å². The van der Waals surface area contributed by atoms with E-state index in [-0.39, 0.29) is 10.8 Å². The van der Waals surface area contributed by atoms with E-state index in [4.69, 9.17) is 16.7 Å². The summed E-state index contributed by atoms with van der Waals surface area (Å²) in [7, 11) is 0. The third-order valence-electron chi connectivity index (χ3n) is 2.17. The van der Waals surface area contributed by atoms with E-state index in [2.05, 4.69) is 0 Å². The molecular weight excluding hydrogens is 220 g/mol. The summed E-state index contributed by atoms with van der Waals surface area (Å²) >= 11 is 5.71. The number of aliphatic hydroxyl groups is 3. The number of rotatable bonds is 3. The molecule has 4 nitrogen and oxygen atoms in total. The Labute approximate surface area is 92.4 Å². The molecule has 0 aliphatic carbocycles. The van der Waals surface area contributed by atoms with E-state index in [0.717, 1.165) is 0 Å². The quantitative estimate of drug-likeness (QED) is 0.620. The molecule has 0 saturated carbocycles. The number of phenols is 1. The van der Waals surface area contributed by atoms with Crippen molar-refractivity contribution in [1.82, 2.24) is 0 Å². The zero-order valence-corrected chi connectivity index (χ0v) is 8.94. The summed E-state index contributed by atoms with van der Waals surface area (Å²) in [5, 5.41) is 37.0. The van der Waals surface area contributed by atoms with Gasteiger partial charge in [0.05, 0.1) is 11.6 Å². The summed E-state index contributed by atoms with van der Waals surface area (Å²) in [4.78, 5) is 0. The summed E-state index contributed by atoms with van der Waals surface area (Å²) in [5.74, 6) is -0.0499. The fraction of sp³-hybridized carbons (Fsp3) is 0.400. The van der Waals surface area contributed by atoms with Crippen molar-refractivity contribution in [3.05, 3.63) is 28.3 Å². The molecule has 0 heterocycles. The van der Waals surface area contributed by atoms with Crippen LogP contribution in [0.1, 0.15) is 17.2 Å². The first kappa shape index (κ1) is 12.3. The third-order valence-corrected chi connectivity index (χ3v) is 2.46. The molecule has 84 valence electrons. The van der Waals surface area contributed by atoms with Crippen LogP contribution in [0.4, 0.5) is 0 Å². The average Bonchev–Trinajstić information content (AvgIpc) is 2.23. The van der Waals surface area contributed by atoms with Crippen molar-refractivity contribution in [3.8, 4) is 5.75 Å². The number of phenolic OH excluding ortho intramolecular Hbond substituents is 1. The maximum Gasteiger partial charge on any atom is 0.137 e. The van der Waals surface area contributed by atoms with E-state index in [1.165, 1.54) is 12.1 Å². The molecule has 0 spiro atoms. The van der Waals surface area contributed by atoms with E-state index < -0.39 is 18.8 Å². The van der Waals surface area contributed by atoms with Gasteiger partial charge in [-0.05, 0) is 30.2 Å². The second kappa shape index (κ2) is 4.81. The lowest BCUT2D eigenvalue weighted by Gasteiger charge is -2.17. The van der Waals surface area contributed by atoms with Gasteiger partial charge in [0.15, 0.2) is 0 Å². The van der Waals surface area contributed by atoms with E-state index in [9.17, 15) is 15.3 Å². The lowest BCUT2D eigenvalue weighted by Crippen LogP contribution is -2.22. The van der Waals surface area contributed by atoms with Gasteiger partial charge in [0, 0.05) is 0 Å². The third kappa shape index (κ3) is 2.60. The first-order valence-corrected chi connectivity index (χ1v) is 4.81. The minimum Gasteiger partial charge on any atom is -0.506 e. The van der Waals surface area contributed by atoms with Crippen LogP contribution < -0.4 is 0 Å². The molecule has 1 aromatic carbocycles. The largest absolute Gasteiger partial charge is 0.506 e. The zero-order chi connectivity index (χ0) is 11.6. The molecule has 1 rings (SSSR count). The second-order valence-electron chi connectivity index (χ2n) is 3.36. The van der Waals surface area contributed by atoms with E-state index >= 15 is 0 Å². The maximum absolute atomic E-state index is 9.58. The molecule has 4 N–H and O–H groups in total. The van der Waals surface area contributed by atoms with Crippen LogP contribution in [0.15, 0.2) is 12.1 Å². The second-order valence-corrected chi connectivity index (χ2v) is 3.77. The summed E-state index contributed by atoms with van der Waals surface area (Å²) < 4.78 is 0. The SMILES string of the molecule is Cc1cc(C(O)C(O)CO)cc(Cl)c1O. The predicted molar refractivity (Wildman–Crippen MR) is 55.9 cm³/mol. The fourth-order valence-electron chi connectivity index (χ4n) is 1.26. The molecule has 0 radical (unpaired) electrons. The topological polar surface area (TPSA) is 80.9 Å². The van der Waals surface area contributed by atoms with Gasteiger partial charge in [-0.15, -0.1) is 0 Å². The molecule has 0 aliphatic heterocycles. The van der Waals surface area contributed by atoms with Crippen LogP contribution in [-0.4, -0.2) is 33.1 Å². The number of hydrogen-bond donors (Lipinski definition) is 4. The Balaban J connectivity index is 3.06. The Kier molecular flexibility index (Phi) is 3.93. The molecular formula is C10H13ClO4. The molecule has 0 fully saturated rings. The van der Waals surface area contributed by atoms with Crippen molar-refractivity contribution in [1.29, 1.82) is 0 Å². The van der Waals surface area contributed by atoms with Crippen molar-refractivity contribution in [3.63, 3.8) is 0 Å². The summed E-state index contributed by atoms with van der Waals surface area (Å²) in [5.41, 5.74) is 0.860. The first-order chi connectivity index (χ1) is 6.97. The predicted octanol–water partition coefficient (Wildman–Crippen LogP) is 0.741. The Morgan fingerprint density at radius 1 is 1.33 bits per heavy atom. The van der Waals surface area contributed by atoms with Gasteiger partial charge in [-0.1, -0.05) is 11.6 Å². The van der Waals surface area contributed by atoms with E-state index in [1.54, 1.807) is 6.92 Å². The van der Waals surface area contributed by atoms with Gasteiger partial charge in [-0.25, -0.2) is 0 Å². The van der Waals surface area contributed by atoms with Crippen molar-refractivity contribution >= 4 is 11.6 Å². The molecule has 5 heteroatoms. The minimum absolute atomic E-state index is 0.0499. The van der Waals surface area contributed by atoms with E-state index in [0.29, 0.717) is 11.1 Å². The van der Waals surface area contributed by atoms with Gasteiger partial charge in [-0.2, -0.15) is 0 Å². The lowest BCUT2D eigenvalue weighted by molar-refractivity contribution is -0.0152. The van der Waals surface area contributed by atoms with Gasteiger partial charge >= 0.3 is 0 Å². The fourth-order valence-corrected chi connectivity index (χ4v) is 1.53. The molecule has 2 unspecified atom stereocenters. The number of aryl methyl sites for hydroxylation is 1. The number of hydrogen-bond acceptors (Lipinski definition) is 4. The van der Waals surface area contributed by atoms with Gasteiger partial charge in [0.25, 0.3) is 0 Å². The Morgan fingerprint density at radius 2 is 1.93 bits per heavy atom. The van der Waals surface area contributed by atoms with Crippen molar-refractivity contribution in [2.24, 2.45) is 0 Å². The molecule has 0 saturated heterocycles. The number of aromatic hydroxyl groups is 1. The molecule has 0 bridgehead atoms. The summed E-state index contributed by atoms with van der Waals surface area (Å²) in [6, 6.07) is 2.86. The summed E-state index contributed by atoms with van der Waals surface area (Å²) in [6.45, 7) is 1.08. The zero-order valence-electron chi connectivity index (χ0n) is 8.18. The highest BCUT2D eigenvalue weighted by Crippen LogP contribution is 2.31. The standard InChI is InChI=1S/C10H13ClO4/c1-5-2-6(3-7(11)9(5)14)10(15)8(13)4-12/h2-3,8,10,12-15H,4H2,1H3. The Morgan fingerprint density at radius 3 is 2.40 bits per heavy atom. The van der Waals surface area contributed by atoms with Gasteiger partial charge in [0.1, 0.15) is 18.0 Å². The highest BCUT2D eigenvalue weighted by atomic mass is 35.5. The highest BCUT2D eigenvalue weighted by molar-refractivity contribution is 6.32. The van der Waals surface area contributed by atoms with Crippen molar-refractivity contribution in [2.45, 2.75) is 19.1 Å². The van der Waals surface area contributed by atoms with Crippen LogP contribution >= 0.6 is 11.6 Å². The Hall–Kier alpha value is -0.810.